The van der Waals surface area contributed by atoms with Crippen LogP contribution in [0.4, 0.5) is 0 Å². The molecule has 1 aromatic rings. The number of hydrogen-bond acceptors (Lipinski definition) is 4. The lowest BCUT2D eigenvalue weighted by atomic mass is 10.0. The van der Waals surface area contributed by atoms with Crippen LogP contribution in [0.2, 0.25) is 0 Å². The first-order chi connectivity index (χ1) is 9.41. The van der Waals surface area contributed by atoms with Crippen molar-refractivity contribution in [1.82, 2.24) is 0 Å². The van der Waals surface area contributed by atoms with Gasteiger partial charge in [-0.3, -0.25) is 4.79 Å². The number of ketones is 1. The maximum Gasteiger partial charge on any atom is 0.137 e. The average molecular weight is 296 g/mol. The summed E-state index contributed by atoms with van der Waals surface area (Å²) in [7, 11) is -4.78. The molecule has 1 unspecified atom stereocenters. The van der Waals surface area contributed by atoms with Gasteiger partial charge in [0.05, 0.1) is 0 Å². The minimum atomic E-state index is -4.78. The Morgan fingerprint density at radius 2 is 1.70 bits per heavy atom. The highest BCUT2D eigenvalue weighted by atomic mass is 31.2. The summed E-state index contributed by atoms with van der Waals surface area (Å²) >= 11 is 0. The van der Waals surface area contributed by atoms with Crippen LogP contribution in [0.1, 0.15) is 44.6 Å². The molecule has 0 radical (unpaired) electrons. The van der Waals surface area contributed by atoms with Crippen LogP contribution < -0.4 is 9.79 Å². The van der Waals surface area contributed by atoms with E-state index in [0.717, 1.165) is 25.7 Å². The molecule has 0 heterocycles. The van der Waals surface area contributed by atoms with Crippen molar-refractivity contribution >= 4 is 13.4 Å². The van der Waals surface area contributed by atoms with Crippen LogP contribution in [0.3, 0.4) is 0 Å². The molecule has 4 nitrogen and oxygen atoms in total. The second kappa shape index (κ2) is 8.35. The van der Waals surface area contributed by atoms with E-state index >= 15 is 0 Å². The van der Waals surface area contributed by atoms with Crippen molar-refractivity contribution in [2.24, 2.45) is 0 Å². The molecule has 1 aromatic carbocycles. The molecule has 0 aliphatic rings. The van der Waals surface area contributed by atoms with Crippen LogP contribution >= 0.6 is 7.60 Å². The number of hydrogen-bond donors (Lipinski definition) is 0. The van der Waals surface area contributed by atoms with E-state index in [4.69, 9.17) is 0 Å². The molecule has 0 aromatic heterocycles. The van der Waals surface area contributed by atoms with Gasteiger partial charge in [0.1, 0.15) is 5.78 Å². The minimum Gasteiger partial charge on any atom is -0.810 e. The monoisotopic (exact) mass is 296 g/mol. The molecule has 0 aliphatic heterocycles. The highest BCUT2D eigenvalue weighted by molar-refractivity contribution is 7.50. The van der Waals surface area contributed by atoms with Gasteiger partial charge in [-0.1, -0.05) is 57.2 Å². The molecule has 0 N–H and O–H groups in total. The number of unbranched alkanes of at least 4 members (excludes halogenated alkanes) is 3. The number of rotatable bonds is 9. The first-order valence-electron chi connectivity index (χ1n) is 6.97. The molecule has 0 saturated carbocycles. The summed E-state index contributed by atoms with van der Waals surface area (Å²) in [5, 5.41) is 0. The zero-order valence-electron chi connectivity index (χ0n) is 11.8. The van der Waals surface area contributed by atoms with Gasteiger partial charge in [-0.05, 0) is 31.7 Å². The molecule has 0 amide bonds. The molecule has 0 bridgehead atoms. The second-order valence-corrected chi connectivity index (χ2v) is 6.81. The van der Waals surface area contributed by atoms with Crippen LogP contribution in [0, 0.1) is 0 Å². The van der Waals surface area contributed by atoms with Gasteiger partial charge in [0.25, 0.3) is 0 Å². The predicted molar refractivity (Wildman–Crippen MR) is 75.3 cm³/mol. The topological polar surface area (TPSA) is 80.3 Å². The summed E-state index contributed by atoms with van der Waals surface area (Å²) < 4.78 is 10.9. The number of Topliss-reactive ketones (excluding diaryl/α,β-unsaturated/α-hetero) is 1. The summed E-state index contributed by atoms with van der Waals surface area (Å²) in [4.78, 5) is 33.0. The Hall–Kier alpha value is -0.960. The largest absolute Gasteiger partial charge is 0.810 e. The molecule has 0 spiro atoms. The normalized spacial score (nSPS) is 13.2. The van der Waals surface area contributed by atoms with Gasteiger partial charge in [-0.15, -0.1) is 0 Å². The summed E-state index contributed by atoms with van der Waals surface area (Å²) in [6, 6.07) is 10.2. The molecule has 0 fully saturated rings. The summed E-state index contributed by atoms with van der Waals surface area (Å²) in [6.45, 7) is 1.17. The summed E-state index contributed by atoms with van der Waals surface area (Å²) in [5.41, 5.74) is -0.0469. The zero-order chi connectivity index (χ0) is 15.0. The van der Waals surface area contributed by atoms with Crippen molar-refractivity contribution in [3.63, 3.8) is 0 Å². The lowest BCUT2D eigenvalue weighted by molar-refractivity contribution is -0.315. The Bertz CT molecular complexity index is 452. The van der Waals surface area contributed by atoms with Gasteiger partial charge in [0.15, 0.2) is 0 Å². The van der Waals surface area contributed by atoms with Gasteiger partial charge in [0.2, 0.25) is 0 Å². The third-order valence-corrected chi connectivity index (χ3v) is 4.77. The van der Waals surface area contributed by atoms with Crippen LogP contribution in [0.15, 0.2) is 30.3 Å². The molecule has 0 saturated heterocycles. The number of carbonyl (C=O) groups excluding carboxylic acids is 1. The van der Waals surface area contributed by atoms with E-state index in [0.29, 0.717) is 6.42 Å². The Kier molecular flexibility index (Phi) is 7.14. The van der Waals surface area contributed by atoms with E-state index in [1.165, 1.54) is 12.5 Å². The lowest BCUT2D eigenvalue weighted by Crippen LogP contribution is -2.31. The van der Waals surface area contributed by atoms with Crippen molar-refractivity contribution in [3.05, 3.63) is 35.9 Å². The predicted octanol–water partition coefficient (Wildman–Crippen LogP) is 2.05. The van der Waals surface area contributed by atoms with Gasteiger partial charge >= 0.3 is 0 Å². The van der Waals surface area contributed by atoms with Crippen LogP contribution in [0.5, 0.6) is 0 Å². The van der Waals surface area contributed by atoms with Crippen molar-refractivity contribution in [1.29, 1.82) is 0 Å². The first-order valence-corrected chi connectivity index (χ1v) is 8.58. The van der Waals surface area contributed by atoms with E-state index in [1.807, 2.05) is 18.2 Å². The highest BCUT2D eigenvalue weighted by Crippen LogP contribution is 2.35. The molecule has 20 heavy (non-hydrogen) atoms. The van der Waals surface area contributed by atoms with Gasteiger partial charge in [0, 0.05) is 5.66 Å². The zero-order valence-corrected chi connectivity index (χ0v) is 12.7. The van der Waals surface area contributed by atoms with E-state index in [9.17, 15) is 19.1 Å². The third-order valence-electron chi connectivity index (χ3n) is 3.39. The SMILES string of the molecule is CC(=O)C(CCCCCCc1ccccc1)P(=O)([O-])[O-]. The average Bonchev–Trinajstić information content (AvgIpc) is 2.37. The molecule has 1 atom stereocenters. The smallest absolute Gasteiger partial charge is 0.137 e. The first kappa shape index (κ1) is 17.1. The maximum absolute atomic E-state index is 11.1. The van der Waals surface area contributed by atoms with E-state index < -0.39 is 19.0 Å². The molecule has 5 heteroatoms. The van der Waals surface area contributed by atoms with Crippen molar-refractivity contribution in [2.75, 3.05) is 0 Å². The second-order valence-electron chi connectivity index (χ2n) is 5.10. The summed E-state index contributed by atoms with van der Waals surface area (Å²) in [5.74, 6) is -0.539. The number of carbonyl (C=O) groups is 1. The van der Waals surface area contributed by atoms with Crippen molar-refractivity contribution in [3.8, 4) is 0 Å². The number of benzene rings is 1. The Morgan fingerprint density at radius 3 is 2.25 bits per heavy atom. The van der Waals surface area contributed by atoms with Crippen molar-refractivity contribution < 1.29 is 19.1 Å². The quantitative estimate of drug-likeness (QED) is 0.516. The molecule has 112 valence electrons. The Labute approximate surface area is 120 Å². The Balaban J connectivity index is 2.18. The lowest BCUT2D eigenvalue weighted by Gasteiger charge is -2.36. The summed E-state index contributed by atoms with van der Waals surface area (Å²) in [6.07, 6.45) is 4.61. The molecular formula is C15H21O4P-2. The van der Waals surface area contributed by atoms with E-state index in [2.05, 4.69) is 12.1 Å². The Morgan fingerprint density at radius 1 is 1.10 bits per heavy atom. The van der Waals surface area contributed by atoms with Gasteiger partial charge in [-0.25, -0.2) is 0 Å². The molecule has 1 rings (SSSR count). The van der Waals surface area contributed by atoms with Crippen molar-refractivity contribution in [2.45, 2.75) is 51.1 Å². The minimum absolute atomic E-state index is 0.158. The molecule has 0 aliphatic carbocycles. The third kappa shape index (κ3) is 6.47. The van der Waals surface area contributed by atoms with E-state index in [1.54, 1.807) is 0 Å². The van der Waals surface area contributed by atoms with Crippen LogP contribution in [-0.2, 0) is 15.8 Å². The fourth-order valence-electron chi connectivity index (χ4n) is 2.25. The standard InChI is InChI=1S/C15H23O4P/c1-13(16)15(20(17,18)19)12-8-3-2-5-9-14-10-6-4-7-11-14/h4,6-7,10-11,15H,2-3,5,8-9,12H2,1H3,(H2,17,18,19)/p-2. The van der Waals surface area contributed by atoms with Gasteiger partial charge in [-0.2, -0.15) is 0 Å². The molecular weight excluding hydrogens is 275 g/mol. The van der Waals surface area contributed by atoms with E-state index in [-0.39, 0.29) is 6.42 Å². The fraction of sp³-hybridized carbons (Fsp3) is 0.533. The van der Waals surface area contributed by atoms with Crippen LogP contribution in [0.25, 0.3) is 0 Å². The fourth-order valence-corrected chi connectivity index (χ4v) is 3.19. The van der Waals surface area contributed by atoms with Gasteiger partial charge < -0.3 is 14.4 Å². The number of aryl methyl sites for hydroxylation is 1. The van der Waals surface area contributed by atoms with Crippen LogP contribution in [-0.4, -0.2) is 11.4 Å². The highest BCUT2D eigenvalue weighted by Gasteiger charge is 2.17. The maximum atomic E-state index is 11.1.